The molecule has 0 spiro atoms. The number of imidazole rings is 2. The molecule has 0 fully saturated rings. The van der Waals surface area contributed by atoms with Crippen LogP contribution in [0.25, 0.3) is 22.6 Å². The van der Waals surface area contributed by atoms with Crippen LogP contribution in [0, 0.1) is 13.8 Å². The molecule has 0 bridgehead atoms. The predicted octanol–water partition coefficient (Wildman–Crippen LogP) is 3.12. The molecule has 0 amide bonds. The van der Waals surface area contributed by atoms with Crippen molar-refractivity contribution in [1.82, 2.24) is 23.1 Å². The summed E-state index contributed by atoms with van der Waals surface area (Å²) in [6.07, 6.45) is 3.42. The number of rotatable bonds is 5. The smallest absolute Gasteiger partial charge is 0.283 e. The van der Waals surface area contributed by atoms with E-state index in [0.29, 0.717) is 23.5 Å². The van der Waals surface area contributed by atoms with Gasteiger partial charge >= 0.3 is 5.69 Å². The van der Waals surface area contributed by atoms with Crippen molar-refractivity contribution in [2.45, 2.75) is 53.5 Å². The van der Waals surface area contributed by atoms with E-state index in [1.54, 1.807) is 14.0 Å². The normalized spacial score (nSPS) is 11.8. The maximum Gasteiger partial charge on any atom is 0.332 e. The van der Waals surface area contributed by atoms with Gasteiger partial charge in [0.2, 0.25) is 5.78 Å². The zero-order valence-electron chi connectivity index (χ0n) is 17.7. The molecule has 0 aliphatic heterocycles. The van der Waals surface area contributed by atoms with Crippen LogP contribution < -0.4 is 11.2 Å². The molecular weight excluding hydrogens is 366 g/mol. The molecule has 0 aliphatic carbocycles. The minimum atomic E-state index is -0.341. The average Bonchev–Trinajstić information content (AvgIpc) is 3.22. The largest absolute Gasteiger partial charge is 0.332 e. The Morgan fingerprint density at radius 3 is 2.31 bits per heavy atom. The first-order valence-electron chi connectivity index (χ1n) is 10.2. The van der Waals surface area contributed by atoms with Gasteiger partial charge in [-0.3, -0.25) is 22.9 Å². The molecule has 0 radical (unpaired) electrons. The zero-order valence-corrected chi connectivity index (χ0v) is 17.7. The lowest BCUT2D eigenvalue weighted by atomic mass is 10.1. The number of hydrogen-bond donors (Lipinski definition) is 0. The van der Waals surface area contributed by atoms with Crippen LogP contribution in [0.3, 0.4) is 0 Å². The van der Waals surface area contributed by atoms with Crippen molar-refractivity contribution in [1.29, 1.82) is 0 Å². The van der Waals surface area contributed by atoms with Gasteiger partial charge in [0, 0.05) is 30.7 Å². The molecule has 0 atom stereocenters. The van der Waals surface area contributed by atoms with Crippen LogP contribution in [0.4, 0.5) is 0 Å². The molecule has 7 heteroatoms. The summed E-state index contributed by atoms with van der Waals surface area (Å²) in [5, 5.41) is 0. The van der Waals surface area contributed by atoms with Gasteiger partial charge in [-0.2, -0.15) is 4.98 Å². The van der Waals surface area contributed by atoms with Gasteiger partial charge in [-0.15, -0.1) is 0 Å². The Labute approximate surface area is 168 Å². The van der Waals surface area contributed by atoms with E-state index < -0.39 is 0 Å². The third kappa shape index (κ3) is 2.75. The lowest BCUT2D eigenvalue weighted by Crippen LogP contribution is -2.38. The van der Waals surface area contributed by atoms with Crippen LogP contribution in [-0.2, 0) is 20.0 Å². The van der Waals surface area contributed by atoms with E-state index in [4.69, 9.17) is 4.98 Å². The summed E-state index contributed by atoms with van der Waals surface area (Å²) in [6.45, 7) is 8.33. The molecule has 0 unspecified atom stereocenters. The third-order valence-corrected chi connectivity index (χ3v) is 5.85. The molecule has 7 nitrogen and oxygen atoms in total. The summed E-state index contributed by atoms with van der Waals surface area (Å²) >= 11 is 0. The third-order valence-electron chi connectivity index (χ3n) is 5.85. The van der Waals surface area contributed by atoms with E-state index in [9.17, 15) is 9.59 Å². The van der Waals surface area contributed by atoms with Crippen molar-refractivity contribution in [3.05, 3.63) is 62.1 Å². The van der Waals surface area contributed by atoms with Crippen LogP contribution in [0.1, 0.15) is 43.6 Å². The van der Waals surface area contributed by atoms with Crippen molar-refractivity contribution in [3.63, 3.8) is 0 Å². The lowest BCUT2D eigenvalue weighted by molar-refractivity contribution is 0.636. The number of aromatic nitrogens is 5. The number of hydrogen-bond acceptors (Lipinski definition) is 3. The second-order valence-corrected chi connectivity index (χ2v) is 7.59. The fourth-order valence-corrected chi connectivity index (χ4v) is 4.03. The van der Waals surface area contributed by atoms with Gasteiger partial charge in [0.25, 0.3) is 5.56 Å². The lowest BCUT2D eigenvalue weighted by Gasteiger charge is -2.08. The summed E-state index contributed by atoms with van der Waals surface area (Å²) in [5.74, 6) is 0.650. The quantitative estimate of drug-likeness (QED) is 0.523. The van der Waals surface area contributed by atoms with Crippen LogP contribution in [-0.4, -0.2) is 23.1 Å². The van der Waals surface area contributed by atoms with Crippen molar-refractivity contribution in [3.8, 4) is 5.69 Å². The number of unbranched alkanes of at least 4 members (excludes halogenated alkanes) is 1. The minimum absolute atomic E-state index is 0.298. The highest BCUT2D eigenvalue weighted by molar-refractivity contribution is 5.77. The second-order valence-electron chi connectivity index (χ2n) is 7.59. The van der Waals surface area contributed by atoms with Crippen molar-refractivity contribution in [2.75, 3.05) is 0 Å². The van der Waals surface area contributed by atoms with Gasteiger partial charge in [0.1, 0.15) is 0 Å². The molecule has 1 aromatic carbocycles. The Bertz CT molecular complexity index is 1330. The Hall–Kier alpha value is -3.09. The fourth-order valence-electron chi connectivity index (χ4n) is 4.03. The van der Waals surface area contributed by atoms with Crippen LogP contribution >= 0.6 is 0 Å². The molecule has 3 aromatic heterocycles. The van der Waals surface area contributed by atoms with E-state index in [-0.39, 0.29) is 11.2 Å². The summed E-state index contributed by atoms with van der Waals surface area (Å²) in [4.78, 5) is 30.3. The molecule has 4 aromatic rings. The highest BCUT2D eigenvalue weighted by Crippen LogP contribution is 2.25. The van der Waals surface area contributed by atoms with Gasteiger partial charge in [-0.05, 0) is 51.3 Å². The SMILES string of the molecule is CCCCc1ccc(-n2c(C)c(C)n3c4c(=O)n(CC)c(=O)n(C)c4nc23)cc1. The topological polar surface area (TPSA) is 66.2 Å². The summed E-state index contributed by atoms with van der Waals surface area (Å²) in [5.41, 5.74) is 4.49. The summed E-state index contributed by atoms with van der Waals surface area (Å²) < 4.78 is 6.65. The molecule has 0 saturated heterocycles. The molecule has 0 saturated carbocycles. The van der Waals surface area contributed by atoms with Gasteiger partial charge in [0.15, 0.2) is 11.2 Å². The molecule has 152 valence electrons. The van der Waals surface area contributed by atoms with E-state index in [1.165, 1.54) is 27.5 Å². The highest BCUT2D eigenvalue weighted by atomic mass is 16.2. The molecular formula is C22H27N5O2. The number of fused-ring (bicyclic) bond motifs is 3. The number of aryl methyl sites for hydroxylation is 3. The Morgan fingerprint density at radius 2 is 1.69 bits per heavy atom. The maximum atomic E-state index is 13.0. The summed E-state index contributed by atoms with van der Waals surface area (Å²) in [6, 6.07) is 8.50. The Kier molecular flexibility index (Phi) is 4.68. The predicted molar refractivity (Wildman–Crippen MR) is 115 cm³/mol. The van der Waals surface area contributed by atoms with Gasteiger partial charge in [0.05, 0.1) is 0 Å². The number of benzene rings is 1. The van der Waals surface area contributed by atoms with Gasteiger partial charge < -0.3 is 0 Å². The minimum Gasteiger partial charge on any atom is -0.283 e. The highest BCUT2D eigenvalue weighted by Gasteiger charge is 2.22. The van der Waals surface area contributed by atoms with Gasteiger partial charge in [-0.25, -0.2) is 4.79 Å². The Morgan fingerprint density at radius 1 is 1.00 bits per heavy atom. The standard InChI is InChI=1S/C22H27N5O2/c1-6-8-9-16-10-12-17(13-11-16)26-14(3)15(4)27-18-19(23-21(26)27)24(5)22(29)25(7-2)20(18)28/h10-13H,6-9H2,1-5H3. The molecule has 0 N–H and O–H groups in total. The Balaban J connectivity index is 2.02. The van der Waals surface area contributed by atoms with E-state index in [2.05, 4.69) is 35.8 Å². The van der Waals surface area contributed by atoms with Crippen molar-refractivity contribution >= 4 is 16.9 Å². The van der Waals surface area contributed by atoms with E-state index in [0.717, 1.165) is 23.5 Å². The van der Waals surface area contributed by atoms with Crippen molar-refractivity contribution in [2.24, 2.45) is 7.05 Å². The first-order chi connectivity index (χ1) is 13.9. The van der Waals surface area contributed by atoms with E-state index >= 15 is 0 Å². The monoisotopic (exact) mass is 393 g/mol. The summed E-state index contributed by atoms with van der Waals surface area (Å²) in [7, 11) is 1.66. The molecule has 29 heavy (non-hydrogen) atoms. The maximum absolute atomic E-state index is 13.0. The second kappa shape index (κ2) is 7.06. The first-order valence-corrected chi connectivity index (χ1v) is 10.2. The molecule has 0 aliphatic rings. The first kappa shape index (κ1) is 19.2. The van der Waals surface area contributed by atoms with Crippen LogP contribution in [0.5, 0.6) is 0 Å². The van der Waals surface area contributed by atoms with Gasteiger partial charge in [-0.1, -0.05) is 25.5 Å². The molecule has 4 rings (SSSR count). The fraction of sp³-hybridized carbons (Fsp3) is 0.409. The molecule has 3 heterocycles. The van der Waals surface area contributed by atoms with Crippen molar-refractivity contribution < 1.29 is 0 Å². The van der Waals surface area contributed by atoms with Crippen LogP contribution in [0.2, 0.25) is 0 Å². The zero-order chi connectivity index (χ0) is 20.9. The van der Waals surface area contributed by atoms with Crippen LogP contribution in [0.15, 0.2) is 33.9 Å². The van der Waals surface area contributed by atoms with E-state index in [1.807, 2.05) is 18.2 Å². The number of nitrogens with zero attached hydrogens (tertiary/aromatic N) is 5. The average molecular weight is 393 g/mol.